The Kier molecular flexibility index (Phi) is 7.41. The molecule has 2 aliphatic heterocycles. The number of aliphatic hydroxyl groups excluding tert-OH is 2. The minimum Gasteiger partial charge on any atom is -0.394 e. The van der Waals surface area contributed by atoms with E-state index in [0.717, 1.165) is 4.68 Å². The predicted molar refractivity (Wildman–Crippen MR) is 120 cm³/mol. The molecule has 206 valence electrons. The molecule has 0 unspecified atom stereocenters. The first kappa shape index (κ1) is 26.9. The highest BCUT2D eigenvalue weighted by Gasteiger charge is 2.51. The second-order valence-electron chi connectivity index (χ2n) is 9.14. The molecular weight excluding hydrogens is 540 g/mol. The van der Waals surface area contributed by atoms with Gasteiger partial charge in [0.2, 0.25) is 0 Å². The van der Waals surface area contributed by atoms with Crippen LogP contribution in [0.3, 0.4) is 0 Å². The van der Waals surface area contributed by atoms with Gasteiger partial charge in [-0.15, -0.1) is 10.2 Å². The van der Waals surface area contributed by atoms with E-state index >= 15 is 0 Å². The van der Waals surface area contributed by atoms with Crippen molar-refractivity contribution in [3.63, 3.8) is 0 Å². The van der Waals surface area contributed by atoms with E-state index in [-0.39, 0.29) is 30.9 Å². The van der Waals surface area contributed by atoms with Crippen molar-refractivity contribution in [2.75, 3.05) is 26.9 Å². The number of ether oxygens (including phenoxy) is 3. The average molecular weight is 563 g/mol. The van der Waals surface area contributed by atoms with Crippen LogP contribution in [0.4, 0.5) is 17.6 Å². The Morgan fingerprint density at radius 2 is 1.92 bits per heavy atom. The highest BCUT2D eigenvalue weighted by atomic mass is 35.5. The van der Waals surface area contributed by atoms with Crippen LogP contribution in [0.25, 0.3) is 11.3 Å². The van der Waals surface area contributed by atoms with Gasteiger partial charge >= 0.3 is 0 Å². The lowest BCUT2D eigenvalue weighted by Crippen LogP contribution is -2.57. The van der Waals surface area contributed by atoms with Gasteiger partial charge in [0, 0.05) is 25.3 Å². The Morgan fingerprint density at radius 3 is 2.55 bits per heavy atom. The molecule has 0 aliphatic carbocycles. The molecule has 2 saturated heterocycles. The number of methoxy groups -OCH3 is 1. The van der Waals surface area contributed by atoms with Crippen molar-refractivity contribution in [3.8, 4) is 11.3 Å². The fourth-order valence-electron chi connectivity index (χ4n) is 4.68. The topological polar surface area (TPSA) is 130 Å². The molecule has 38 heavy (non-hydrogen) atoms. The zero-order chi connectivity index (χ0) is 27.2. The van der Waals surface area contributed by atoms with Crippen LogP contribution in [0.2, 0.25) is 5.02 Å². The number of rotatable bonds is 8. The van der Waals surface area contributed by atoms with Gasteiger partial charge in [-0.05, 0) is 12.1 Å². The maximum Gasteiger partial charge on any atom is 0.268 e. The van der Waals surface area contributed by atoms with Gasteiger partial charge in [-0.2, -0.15) is 0 Å². The highest BCUT2D eigenvalue weighted by molar-refractivity contribution is 6.30. The molecule has 0 amide bonds. The van der Waals surface area contributed by atoms with Crippen LogP contribution in [0.5, 0.6) is 0 Å². The van der Waals surface area contributed by atoms with Gasteiger partial charge in [-0.25, -0.2) is 26.9 Å². The molecule has 0 bridgehead atoms. The predicted octanol–water partition coefficient (Wildman–Crippen LogP) is 1.38. The summed E-state index contributed by atoms with van der Waals surface area (Å²) in [7, 11) is 1.36. The second-order valence-corrected chi connectivity index (χ2v) is 9.55. The van der Waals surface area contributed by atoms with Gasteiger partial charge in [-0.3, -0.25) is 0 Å². The molecule has 5 atom stereocenters. The third-order valence-corrected chi connectivity index (χ3v) is 7.17. The van der Waals surface area contributed by atoms with E-state index < -0.39 is 65.7 Å². The number of nitrogens with zero attached hydrogens (tertiary/aromatic N) is 6. The Balaban J connectivity index is 1.43. The number of alkyl halides is 2. The molecule has 0 saturated carbocycles. The molecule has 4 heterocycles. The molecule has 16 heteroatoms. The maximum atomic E-state index is 14.5. The molecule has 2 aromatic heterocycles. The minimum atomic E-state index is -2.72. The summed E-state index contributed by atoms with van der Waals surface area (Å²) in [6.07, 6.45) is -4.21. The van der Waals surface area contributed by atoms with Crippen molar-refractivity contribution in [3.05, 3.63) is 46.9 Å². The first-order valence-corrected chi connectivity index (χ1v) is 11.9. The van der Waals surface area contributed by atoms with Crippen molar-refractivity contribution < 1.29 is 42.0 Å². The zero-order valence-corrected chi connectivity index (χ0v) is 20.6. The fourth-order valence-corrected chi connectivity index (χ4v) is 4.83. The molecule has 2 fully saturated rings. The van der Waals surface area contributed by atoms with Gasteiger partial charge in [0.05, 0.1) is 42.8 Å². The SMILES string of the molecule is CO[C@@H]1[C@@H](n2cc(-c3ccc(Cl)c(F)c3F)nn2)[C@@H](O)[C@@H](CO)O[C@@H]1Cc1cn(C2(C(F)F)COC2)nn1. The number of hydrogen-bond donors (Lipinski definition) is 2. The lowest BCUT2D eigenvalue weighted by molar-refractivity contribution is -0.212. The smallest absolute Gasteiger partial charge is 0.268 e. The summed E-state index contributed by atoms with van der Waals surface area (Å²) in [6.45, 7) is -0.981. The van der Waals surface area contributed by atoms with E-state index in [1.165, 1.54) is 36.3 Å². The minimum absolute atomic E-state index is 0.0248. The van der Waals surface area contributed by atoms with Gasteiger partial charge in [0.25, 0.3) is 6.43 Å². The Bertz CT molecular complexity index is 1290. The number of aromatic nitrogens is 6. The normalized spacial score (nSPS) is 27.0. The van der Waals surface area contributed by atoms with Crippen LogP contribution in [-0.2, 0) is 26.2 Å². The molecule has 0 spiro atoms. The summed E-state index contributed by atoms with van der Waals surface area (Å²) in [6, 6.07) is 1.43. The number of benzene rings is 1. The Hall–Kier alpha value is -2.69. The molecule has 0 radical (unpaired) electrons. The summed E-state index contributed by atoms with van der Waals surface area (Å²) in [4.78, 5) is 0. The van der Waals surface area contributed by atoms with Crippen LogP contribution in [-0.4, -0.2) is 98.0 Å². The summed E-state index contributed by atoms with van der Waals surface area (Å²) >= 11 is 5.63. The van der Waals surface area contributed by atoms with E-state index in [1.807, 2.05) is 0 Å². The molecule has 3 aromatic rings. The number of halogens is 5. The van der Waals surface area contributed by atoms with Gasteiger partial charge in [-0.1, -0.05) is 22.0 Å². The molecule has 2 aliphatic rings. The van der Waals surface area contributed by atoms with E-state index in [4.69, 9.17) is 25.8 Å². The standard InChI is InChI=1S/C22H23ClF4N6O5/c1-36-20-14(4-10-5-33(31-28-10)22(21(26)27)8-37-9-22)38-15(7-34)19(35)18(20)32-6-13(29-30-32)11-2-3-12(23)17(25)16(11)24/h2-3,5-6,14-15,18-21,34-35H,4,7-9H2,1H3/t14-,15-,18+,19+,20+/m1/s1. The first-order chi connectivity index (χ1) is 18.2. The monoisotopic (exact) mass is 562 g/mol. The third-order valence-electron chi connectivity index (χ3n) is 6.88. The van der Waals surface area contributed by atoms with Gasteiger partial charge < -0.3 is 24.4 Å². The average Bonchev–Trinajstić information content (AvgIpc) is 3.52. The van der Waals surface area contributed by atoms with Crippen LogP contribution >= 0.6 is 11.6 Å². The van der Waals surface area contributed by atoms with Crippen molar-refractivity contribution in [1.82, 2.24) is 30.0 Å². The van der Waals surface area contributed by atoms with Crippen LogP contribution < -0.4 is 0 Å². The quantitative estimate of drug-likeness (QED) is 0.309. The lowest BCUT2D eigenvalue weighted by Gasteiger charge is -2.43. The van der Waals surface area contributed by atoms with E-state index in [2.05, 4.69) is 20.6 Å². The van der Waals surface area contributed by atoms with Crippen molar-refractivity contribution in [2.24, 2.45) is 0 Å². The zero-order valence-electron chi connectivity index (χ0n) is 19.8. The molecule has 5 rings (SSSR count). The molecule has 11 nitrogen and oxygen atoms in total. The van der Waals surface area contributed by atoms with Gasteiger partial charge in [0.1, 0.15) is 30.0 Å². The largest absolute Gasteiger partial charge is 0.394 e. The molecular formula is C22H23ClF4N6O5. The van der Waals surface area contributed by atoms with Crippen molar-refractivity contribution in [2.45, 2.75) is 48.8 Å². The van der Waals surface area contributed by atoms with E-state index in [0.29, 0.717) is 5.69 Å². The summed E-state index contributed by atoms with van der Waals surface area (Å²) < 4.78 is 74.5. The molecule has 2 N–H and O–H groups in total. The fraction of sp³-hybridized carbons (Fsp3) is 0.545. The highest BCUT2D eigenvalue weighted by Crippen LogP contribution is 2.36. The first-order valence-electron chi connectivity index (χ1n) is 11.5. The maximum absolute atomic E-state index is 14.5. The van der Waals surface area contributed by atoms with Crippen LogP contribution in [0.15, 0.2) is 24.5 Å². The molecule has 1 aromatic carbocycles. The van der Waals surface area contributed by atoms with Crippen molar-refractivity contribution in [1.29, 1.82) is 0 Å². The number of aliphatic hydroxyl groups is 2. The Labute approximate surface area is 217 Å². The van der Waals surface area contributed by atoms with Gasteiger partial charge in [0.15, 0.2) is 17.2 Å². The second kappa shape index (κ2) is 10.5. The van der Waals surface area contributed by atoms with Crippen LogP contribution in [0.1, 0.15) is 11.7 Å². The lowest BCUT2D eigenvalue weighted by atomic mass is 9.90. The third kappa shape index (κ3) is 4.46. The Morgan fingerprint density at radius 1 is 1.16 bits per heavy atom. The summed E-state index contributed by atoms with van der Waals surface area (Å²) in [5.74, 6) is -2.46. The van der Waals surface area contributed by atoms with Crippen LogP contribution in [0, 0.1) is 11.6 Å². The number of hydrogen-bond acceptors (Lipinski definition) is 9. The summed E-state index contributed by atoms with van der Waals surface area (Å²) in [5, 5.41) is 36.1. The summed E-state index contributed by atoms with van der Waals surface area (Å²) in [5.41, 5.74) is -1.53. The van der Waals surface area contributed by atoms with E-state index in [9.17, 15) is 27.8 Å². The van der Waals surface area contributed by atoms with Crippen molar-refractivity contribution >= 4 is 11.6 Å². The van der Waals surface area contributed by atoms with E-state index in [1.54, 1.807) is 0 Å².